The number of carbonyl (C=O) groups is 1. The number of pyridine rings is 1. The first-order chi connectivity index (χ1) is 6.34. The molecule has 0 saturated carbocycles. The summed E-state index contributed by atoms with van der Waals surface area (Å²) in [7, 11) is 0. The van der Waals surface area contributed by atoms with Gasteiger partial charge in [0.1, 0.15) is 0 Å². The number of hydrogen-bond acceptors (Lipinski definition) is 3. The largest absolute Gasteiger partial charge is 0.294 e. The standard InChI is InChI=1S/C8H8N4O/c9-12-11-6-3-8(13)7-1-4-10-5-2-7/h1-2,4-5H,3,6H2. The van der Waals surface area contributed by atoms with Gasteiger partial charge in [0.05, 0.1) is 0 Å². The fraction of sp³-hybridized carbons (Fsp3) is 0.250. The summed E-state index contributed by atoms with van der Waals surface area (Å²) in [4.78, 5) is 17.7. The Bertz CT molecular complexity index is 329. The molecule has 13 heavy (non-hydrogen) atoms. The molecule has 1 heterocycles. The maximum atomic E-state index is 11.3. The van der Waals surface area contributed by atoms with Gasteiger partial charge in [-0.05, 0) is 17.7 Å². The Morgan fingerprint density at radius 3 is 2.85 bits per heavy atom. The maximum absolute atomic E-state index is 11.3. The van der Waals surface area contributed by atoms with Gasteiger partial charge >= 0.3 is 0 Å². The lowest BCUT2D eigenvalue weighted by molar-refractivity contribution is 0.0985. The first-order valence-corrected chi connectivity index (χ1v) is 3.78. The van der Waals surface area contributed by atoms with Gasteiger partial charge in [-0.15, -0.1) is 0 Å². The van der Waals surface area contributed by atoms with Crippen LogP contribution in [0.1, 0.15) is 16.8 Å². The zero-order chi connectivity index (χ0) is 9.52. The summed E-state index contributed by atoms with van der Waals surface area (Å²) in [5, 5.41) is 3.28. The number of Topliss-reactive ketones (excluding diaryl/α,β-unsaturated/α-hetero) is 1. The molecule has 1 aromatic heterocycles. The van der Waals surface area contributed by atoms with Crippen molar-refractivity contribution in [2.75, 3.05) is 6.54 Å². The molecule has 1 aromatic rings. The Morgan fingerprint density at radius 2 is 2.23 bits per heavy atom. The topological polar surface area (TPSA) is 78.7 Å². The van der Waals surface area contributed by atoms with E-state index in [1.165, 1.54) is 0 Å². The minimum absolute atomic E-state index is 0.0326. The van der Waals surface area contributed by atoms with Gasteiger partial charge in [0.2, 0.25) is 0 Å². The van der Waals surface area contributed by atoms with Crippen molar-refractivity contribution < 1.29 is 4.79 Å². The molecular formula is C8H8N4O. The van der Waals surface area contributed by atoms with Crippen LogP contribution in [0.15, 0.2) is 29.6 Å². The van der Waals surface area contributed by atoms with Crippen LogP contribution in [0.5, 0.6) is 0 Å². The second-order valence-corrected chi connectivity index (χ2v) is 2.36. The molecule has 0 aliphatic rings. The first-order valence-electron chi connectivity index (χ1n) is 3.78. The molecule has 0 spiro atoms. The molecule has 5 heteroatoms. The summed E-state index contributed by atoms with van der Waals surface area (Å²) < 4.78 is 0. The van der Waals surface area contributed by atoms with Crippen LogP contribution in [0, 0.1) is 0 Å². The van der Waals surface area contributed by atoms with E-state index in [0.717, 1.165) is 0 Å². The van der Waals surface area contributed by atoms with Crippen LogP contribution in [-0.4, -0.2) is 17.3 Å². The smallest absolute Gasteiger partial charge is 0.163 e. The van der Waals surface area contributed by atoms with Crippen LogP contribution in [0.25, 0.3) is 10.4 Å². The highest BCUT2D eigenvalue weighted by Gasteiger charge is 2.02. The lowest BCUT2D eigenvalue weighted by atomic mass is 10.1. The van der Waals surface area contributed by atoms with Crippen molar-refractivity contribution in [3.05, 3.63) is 40.5 Å². The van der Waals surface area contributed by atoms with Crippen LogP contribution in [0.3, 0.4) is 0 Å². The van der Waals surface area contributed by atoms with E-state index in [2.05, 4.69) is 15.0 Å². The normalized spacial score (nSPS) is 8.92. The molecule has 1 rings (SSSR count). The summed E-state index contributed by atoms with van der Waals surface area (Å²) >= 11 is 0. The van der Waals surface area contributed by atoms with Gasteiger partial charge in [0, 0.05) is 35.8 Å². The predicted molar refractivity (Wildman–Crippen MR) is 47.2 cm³/mol. The minimum atomic E-state index is -0.0326. The third kappa shape index (κ3) is 2.92. The summed E-state index contributed by atoms with van der Waals surface area (Å²) in [6.07, 6.45) is 3.36. The highest BCUT2D eigenvalue weighted by Crippen LogP contribution is 2.01. The van der Waals surface area contributed by atoms with Crippen LogP contribution in [0.2, 0.25) is 0 Å². The lowest BCUT2D eigenvalue weighted by Crippen LogP contribution is -2.00. The number of rotatable bonds is 4. The highest BCUT2D eigenvalue weighted by atomic mass is 16.1. The molecule has 0 saturated heterocycles. The highest BCUT2D eigenvalue weighted by molar-refractivity contribution is 5.95. The van der Waals surface area contributed by atoms with E-state index in [1.54, 1.807) is 24.5 Å². The van der Waals surface area contributed by atoms with Crippen molar-refractivity contribution in [2.24, 2.45) is 5.11 Å². The summed E-state index contributed by atoms with van der Waals surface area (Å²) in [6, 6.07) is 3.27. The average Bonchev–Trinajstić information content (AvgIpc) is 2.19. The zero-order valence-electron chi connectivity index (χ0n) is 6.92. The van der Waals surface area contributed by atoms with E-state index in [4.69, 9.17) is 5.53 Å². The van der Waals surface area contributed by atoms with E-state index in [1.807, 2.05) is 0 Å². The number of hydrogen-bond donors (Lipinski definition) is 0. The fourth-order valence-corrected chi connectivity index (χ4v) is 0.878. The molecule has 0 fully saturated rings. The molecule has 0 N–H and O–H groups in total. The van der Waals surface area contributed by atoms with Gasteiger partial charge in [-0.1, -0.05) is 5.11 Å². The molecular weight excluding hydrogens is 168 g/mol. The van der Waals surface area contributed by atoms with Gasteiger partial charge in [-0.2, -0.15) is 0 Å². The fourth-order valence-electron chi connectivity index (χ4n) is 0.878. The molecule has 0 aliphatic heterocycles. The number of aromatic nitrogens is 1. The lowest BCUT2D eigenvalue weighted by Gasteiger charge is -1.95. The molecule has 0 aromatic carbocycles. The number of azide groups is 1. The van der Waals surface area contributed by atoms with Gasteiger partial charge in [0.15, 0.2) is 5.78 Å². The van der Waals surface area contributed by atoms with E-state index >= 15 is 0 Å². The summed E-state index contributed by atoms with van der Waals surface area (Å²) in [5.41, 5.74) is 8.59. The molecule has 0 aliphatic carbocycles. The molecule has 0 unspecified atom stereocenters. The van der Waals surface area contributed by atoms with Crippen LogP contribution in [-0.2, 0) is 0 Å². The van der Waals surface area contributed by atoms with Crippen molar-refractivity contribution in [3.8, 4) is 0 Å². The van der Waals surface area contributed by atoms with Gasteiger partial charge in [0.25, 0.3) is 0 Å². The van der Waals surface area contributed by atoms with Crippen LogP contribution in [0.4, 0.5) is 0 Å². The Labute approximate surface area is 75.0 Å². The number of ketones is 1. The third-order valence-corrected chi connectivity index (χ3v) is 1.50. The molecule has 0 amide bonds. The SMILES string of the molecule is [N-]=[N+]=NCCC(=O)c1ccncc1. The van der Waals surface area contributed by atoms with E-state index in [-0.39, 0.29) is 18.7 Å². The first kappa shape index (κ1) is 9.22. The molecule has 5 nitrogen and oxygen atoms in total. The van der Waals surface area contributed by atoms with E-state index in [0.29, 0.717) is 5.56 Å². The van der Waals surface area contributed by atoms with Crippen molar-refractivity contribution >= 4 is 5.78 Å². The average molecular weight is 176 g/mol. The maximum Gasteiger partial charge on any atom is 0.163 e. The second kappa shape index (κ2) is 4.90. The van der Waals surface area contributed by atoms with Gasteiger partial charge in [-0.3, -0.25) is 9.78 Å². The molecule has 0 bridgehead atoms. The van der Waals surface area contributed by atoms with Crippen LogP contribution < -0.4 is 0 Å². The quantitative estimate of drug-likeness (QED) is 0.304. The third-order valence-electron chi connectivity index (χ3n) is 1.50. The van der Waals surface area contributed by atoms with Crippen molar-refractivity contribution in [2.45, 2.75) is 6.42 Å². The zero-order valence-corrected chi connectivity index (χ0v) is 6.92. The second-order valence-electron chi connectivity index (χ2n) is 2.36. The van der Waals surface area contributed by atoms with Crippen molar-refractivity contribution in [1.82, 2.24) is 4.98 Å². The Balaban J connectivity index is 2.54. The summed E-state index contributed by atoms with van der Waals surface area (Å²) in [5.74, 6) is -0.0326. The molecule has 0 radical (unpaired) electrons. The Morgan fingerprint density at radius 1 is 1.54 bits per heavy atom. The monoisotopic (exact) mass is 176 g/mol. The van der Waals surface area contributed by atoms with E-state index < -0.39 is 0 Å². The van der Waals surface area contributed by atoms with E-state index in [9.17, 15) is 4.79 Å². The minimum Gasteiger partial charge on any atom is -0.294 e. The Hall–Kier alpha value is -1.87. The number of nitrogens with zero attached hydrogens (tertiary/aromatic N) is 4. The van der Waals surface area contributed by atoms with Crippen molar-refractivity contribution in [1.29, 1.82) is 0 Å². The summed E-state index contributed by atoms with van der Waals surface area (Å²) in [6.45, 7) is 0.206. The van der Waals surface area contributed by atoms with Gasteiger partial charge < -0.3 is 0 Å². The Kier molecular flexibility index (Phi) is 3.47. The van der Waals surface area contributed by atoms with Crippen LogP contribution >= 0.6 is 0 Å². The van der Waals surface area contributed by atoms with Crippen molar-refractivity contribution in [3.63, 3.8) is 0 Å². The number of carbonyl (C=O) groups excluding carboxylic acids is 1. The molecule has 0 atom stereocenters. The molecule has 66 valence electrons. The van der Waals surface area contributed by atoms with Gasteiger partial charge in [-0.25, -0.2) is 0 Å². The predicted octanol–water partition coefficient (Wildman–Crippen LogP) is 1.96.